The van der Waals surface area contributed by atoms with Crippen LogP contribution < -0.4 is 15.8 Å². The number of aryl methyl sites for hydroxylation is 1. The van der Waals surface area contributed by atoms with Crippen molar-refractivity contribution in [1.29, 1.82) is 0 Å². The molecule has 10 heteroatoms. The molecule has 1 aliphatic heterocycles. The third-order valence-corrected chi connectivity index (χ3v) is 6.95. The number of benzene rings is 2. The fourth-order valence-corrected chi connectivity index (χ4v) is 4.76. The van der Waals surface area contributed by atoms with Crippen LogP contribution in [-0.4, -0.2) is 50.2 Å². The number of amides is 1. The lowest BCUT2D eigenvalue weighted by atomic mass is 10.0. The van der Waals surface area contributed by atoms with E-state index >= 15 is 0 Å². The van der Waals surface area contributed by atoms with Gasteiger partial charge in [-0.2, -0.15) is 0 Å². The van der Waals surface area contributed by atoms with Crippen molar-refractivity contribution in [3.8, 4) is 22.9 Å². The van der Waals surface area contributed by atoms with Gasteiger partial charge in [0, 0.05) is 46.8 Å². The van der Waals surface area contributed by atoms with Gasteiger partial charge >= 0.3 is 6.09 Å². The van der Waals surface area contributed by atoms with Gasteiger partial charge in [0.2, 0.25) is 11.8 Å². The van der Waals surface area contributed by atoms with Crippen LogP contribution in [0.2, 0.25) is 0 Å². The maximum absolute atomic E-state index is 11.4. The highest BCUT2D eigenvalue weighted by Crippen LogP contribution is 2.39. The van der Waals surface area contributed by atoms with Crippen LogP contribution in [0, 0.1) is 6.92 Å². The number of hydrogen-bond donors (Lipinski definition) is 3. The first-order valence-corrected chi connectivity index (χ1v) is 12.4. The van der Waals surface area contributed by atoms with E-state index in [1.165, 1.54) is 4.90 Å². The fourth-order valence-electron chi connectivity index (χ4n) is 4.41. The Morgan fingerprint density at radius 3 is 2.83 bits per heavy atom. The Labute approximate surface area is 216 Å². The van der Waals surface area contributed by atoms with Crippen LogP contribution >= 0.6 is 15.9 Å². The Balaban J connectivity index is 1.46. The number of pyridine rings is 1. The number of likely N-dealkylation sites (tertiary alicyclic amines) is 1. The third-order valence-electron chi connectivity index (χ3n) is 6.26. The molecule has 2 aromatic heterocycles. The molecule has 9 nitrogen and oxygen atoms in total. The predicted molar refractivity (Wildman–Crippen MR) is 142 cm³/mol. The number of rotatable bonds is 5. The summed E-state index contributed by atoms with van der Waals surface area (Å²) < 4.78 is 7.23. The number of nitrogens with two attached hydrogens (primary N) is 1. The van der Waals surface area contributed by atoms with E-state index in [4.69, 9.17) is 10.5 Å². The van der Waals surface area contributed by atoms with E-state index in [2.05, 4.69) is 36.2 Å². The largest absolute Gasteiger partial charge is 0.465 e. The number of ether oxygens (including phenoxy) is 1. The molecule has 0 aliphatic carbocycles. The highest BCUT2D eigenvalue weighted by Gasteiger charge is 2.24. The lowest BCUT2D eigenvalue weighted by Gasteiger charge is -2.31. The molecule has 1 atom stereocenters. The molecule has 1 fully saturated rings. The van der Waals surface area contributed by atoms with Crippen molar-refractivity contribution in [3.05, 3.63) is 64.9 Å². The molecule has 1 saturated heterocycles. The Bertz CT molecular complexity index is 1450. The first-order valence-electron chi connectivity index (χ1n) is 11.6. The minimum atomic E-state index is -0.911. The number of hydrogen-bond acceptors (Lipinski definition) is 7. The van der Waals surface area contributed by atoms with Crippen LogP contribution in [0.4, 0.5) is 16.4 Å². The second-order valence-corrected chi connectivity index (χ2v) is 9.56. The van der Waals surface area contributed by atoms with E-state index in [9.17, 15) is 9.90 Å². The molecule has 0 unspecified atom stereocenters. The number of carboxylic acid groups (broad SMARTS) is 1. The molecular weight excluding hydrogens is 524 g/mol. The van der Waals surface area contributed by atoms with Gasteiger partial charge in [-0.05, 0) is 71.6 Å². The number of nitrogens with zero attached hydrogens (tertiary/aromatic N) is 4. The Kier molecular flexibility index (Phi) is 6.60. The van der Waals surface area contributed by atoms with Crippen molar-refractivity contribution in [2.24, 2.45) is 0 Å². The molecular formula is C26H25BrN6O3. The molecule has 1 aliphatic rings. The number of carbonyl (C=O) groups is 1. The summed E-state index contributed by atoms with van der Waals surface area (Å²) >= 11 is 3.49. The third kappa shape index (κ3) is 4.76. The van der Waals surface area contributed by atoms with Gasteiger partial charge in [0.1, 0.15) is 5.75 Å². The summed E-state index contributed by atoms with van der Waals surface area (Å²) in [6, 6.07) is 13.3. The zero-order chi connectivity index (χ0) is 25.2. The predicted octanol–water partition coefficient (Wildman–Crippen LogP) is 5.69. The molecule has 0 bridgehead atoms. The molecule has 0 saturated carbocycles. The topological polar surface area (TPSA) is 126 Å². The Morgan fingerprint density at radius 2 is 2.00 bits per heavy atom. The van der Waals surface area contributed by atoms with Gasteiger partial charge in [0.25, 0.3) is 0 Å². The average molecular weight is 549 g/mol. The molecule has 4 N–H and O–H groups in total. The minimum Gasteiger partial charge on any atom is -0.465 e. The number of piperidine rings is 1. The summed E-state index contributed by atoms with van der Waals surface area (Å²) in [7, 11) is 0. The smallest absolute Gasteiger partial charge is 0.407 e. The highest BCUT2D eigenvalue weighted by atomic mass is 79.9. The first-order chi connectivity index (χ1) is 17.4. The van der Waals surface area contributed by atoms with Crippen LogP contribution in [0.3, 0.4) is 0 Å². The van der Waals surface area contributed by atoms with E-state index in [-0.39, 0.29) is 6.04 Å². The van der Waals surface area contributed by atoms with Crippen molar-refractivity contribution in [2.75, 3.05) is 24.1 Å². The molecule has 184 valence electrons. The van der Waals surface area contributed by atoms with Gasteiger partial charge in [-0.25, -0.2) is 19.7 Å². The normalized spacial score (nSPS) is 15.6. The second kappa shape index (κ2) is 9.98. The monoisotopic (exact) mass is 548 g/mol. The molecule has 0 radical (unpaired) electrons. The molecule has 4 aromatic rings. The number of anilines is 2. The molecule has 0 spiro atoms. The van der Waals surface area contributed by atoms with Crippen molar-refractivity contribution < 1.29 is 14.6 Å². The summed E-state index contributed by atoms with van der Waals surface area (Å²) in [6.07, 6.45) is 4.06. The summed E-state index contributed by atoms with van der Waals surface area (Å²) in [4.78, 5) is 26.3. The maximum Gasteiger partial charge on any atom is 0.407 e. The van der Waals surface area contributed by atoms with E-state index in [0.717, 1.165) is 33.7 Å². The van der Waals surface area contributed by atoms with Gasteiger partial charge in [-0.3, -0.25) is 0 Å². The molecule has 3 heterocycles. The zero-order valence-corrected chi connectivity index (χ0v) is 21.2. The number of fused-ring (bicyclic) bond motifs is 1. The zero-order valence-electron chi connectivity index (χ0n) is 19.6. The standard InChI is InChI=1S/C26H25BrN6O3/c1-15-6-7-17-18(8-9-20(27)22(17)28)23(15)36-24-19(5-2-11-29-24)21-10-12-30-25(32-21)31-16-4-3-13-33(14-16)26(34)35/h2,5-12,16H,3-4,13-14,28H2,1H3,(H,34,35)(H,30,31,32)/t16-/m0/s1. The van der Waals surface area contributed by atoms with Crippen molar-refractivity contribution in [1.82, 2.24) is 19.9 Å². The highest BCUT2D eigenvalue weighted by molar-refractivity contribution is 9.10. The van der Waals surface area contributed by atoms with Crippen LogP contribution in [0.15, 0.2) is 59.3 Å². The first kappa shape index (κ1) is 23.8. The van der Waals surface area contributed by atoms with Crippen molar-refractivity contribution in [3.63, 3.8) is 0 Å². The summed E-state index contributed by atoms with van der Waals surface area (Å²) in [5, 5.41) is 14.4. The number of nitrogen functional groups attached to an aromatic ring is 1. The molecule has 36 heavy (non-hydrogen) atoms. The quantitative estimate of drug-likeness (QED) is 0.271. The summed E-state index contributed by atoms with van der Waals surface area (Å²) in [5.74, 6) is 1.52. The SMILES string of the molecule is Cc1ccc2c(N)c(Br)ccc2c1Oc1ncccc1-c1ccnc(N[C@H]2CCCN(C(=O)O)C2)n1. The van der Waals surface area contributed by atoms with Crippen LogP contribution in [0.25, 0.3) is 22.0 Å². The average Bonchev–Trinajstić information content (AvgIpc) is 2.88. The maximum atomic E-state index is 11.4. The molecule has 5 rings (SSSR count). The van der Waals surface area contributed by atoms with Gasteiger partial charge in [0.05, 0.1) is 16.9 Å². The van der Waals surface area contributed by atoms with E-state index in [1.807, 2.05) is 43.3 Å². The summed E-state index contributed by atoms with van der Waals surface area (Å²) in [6.45, 7) is 2.91. The minimum absolute atomic E-state index is 0.0576. The van der Waals surface area contributed by atoms with E-state index in [0.29, 0.717) is 47.6 Å². The lowest BCUT2D eigenvalue weighted by molar-refractivity contribution is 0.132. The lowest BCUT2D eigenvalue weighted by Crippen LogP contribution is -2.44. The van der Waals surface area contributed by atoms with Crippen LogP contribution in [-0.2, 0) is 0 Å². The number of nitrogens with one attached hydrogen (secondary N) is 1. The Hall–Kier alpha value is -3.92. The van der Waals surface area contributed by atoms with Gasteiger partial charge in [-0.1, -0.05) is 12.1 Å². The molecule has 2 aromatic carbocycles. The van der Waals surface area contributed by atoms with Crippen molar-refractivity contribution in [2.45, 2.75) is 25.8 Å². The number of halogens is 1. The van der Waals surface area contributed by atoms with Gasteiger partial charge in [0.15, 0.2) is 0 Å². The van der Waals surface area contributed by atoms with Gasteiger partial charge < -0.3 is 25.8 Å². The van der Waals surface area contributed by atoms with E-state index < -0.39 is 6.09 Å². The summed E-state index contributed by atoms with van der Waals surface area (Å²) in [5.41, 5.74) is 9.24. The van der Waals surface area contributed by atoms with E-state index in [1.54, 1.807) is 18.5 Å². The van der Waals surface area contributed by atoms with Crippen LogP contribution in [0.5, 0.6) is 11.6 Å². The second-order valence-electron chi connectivity index (χ2n) is 8.70. The molecule has 1 amide bonds. The van der Waals surface area contributed by atoms with Crippen LogP contribution in [0.1, 0.15) is 18.4 Å². The van der Waals surface area contributed by atoms with Gasteiger partial charge in [-0.15, -0.1) is 0 Å². The number of aromatic nitrogens is 3. The van der Waals surface area contributed by atoms with Crippen molar-refractivity contribution >= 4 is 44.4 Å². The fraction of sp³-hybridized carbons (Fsp3) is 0.231. The Morgan fingerprint density at radius 1 is 1.17 bits per heavy atom.